The van der Waals surface area contributed by atoms with Crippen molar-refractivity contribution >= 4 is 5.97 Å². The lowest BCUT2D eigenvalue weighted by molar-refractivity contribution is 0.0690. The normalized spacial score (nSPS) is 10.4. The second-order valence-corrected chi connectivity index (χ2v) is 3.66. The fourth-order valence-electron chi connectivity index (χ4n) is 1.46. The summed E-state index contributed by atoms with van der Waals surface area (Å²) < 4.78 is 5.16. The first-order valence-electron chi connectivity index (χ1n) is 4.84. The van der Waals surface area contributed by atoms with E-state index >= 15 is 0 Å². The Morgan fingerprint density at radius 2 is 2.12 bits per heavy atom. The van der Waals surface area contributed by atoms with Gasteiger partial charge in [0.2, 0.25) is 5.89 Å². The molecule has 1 aromatic carbocycles. The fraction of sp³-hybridized carbons (Fsp3) is 0.167. The van der Waals surface area contributed by atoms with Gasteiger partial charge in [-0.15, -0.1) is 0 Å². The fourth-order valence-corrected chi connectivity index (χ4v) is 1.46. The topological polar surface area (TPSA) is 63.3 Å². The average Bonchev–Trinajstić information content (AvgIpc) is 2.70. The molecular formula is C12H11NO3. The first-order chi connectivity index (χ1) is 7.58. The van der Waals surface area contributed by atoms with Crippen molar-refractivity contribution in [3.63, 3.8) is 0 Å². The predicted molar refractivity (Wildman–Crippen MR) is 58.4 cm³/mol. The van der Waals surface area contributed by atoms with E-state index in [9.17, 15) is 4.79 Å². The molecule has 2 aromatic rings. The van der Waals surface area contributed by atoms with Gasteiger partial charge in [0.15, 0.2) is 5.69 Å². The lowest BCUT2D eigenvalue weighted by atomic mass is 10.1. The molecule has 0 unspecified atom stereocenters. The van der Waals surface area contributed by atoms with Crippen LogP contribution in [0.4, 0.5) is 0 Å². The van der Waals surface area contributed by atoms with Crippen molar-refractivity contribution in [2.24, 2.45) is 0 Å². The SMILES string of the molecule is Cc1ccc(C)c(-c2nc(C(=O)O)co2)c1. The van der Waals surface area contributed by atoms with Gasteiger partial charge in [0.05, 0.1) is 0 Å². The Morgan fingerprint density at radius 3 is 2.75 bits per heavy atom. The molecule has 16 heavy (non-hydrogen) atoms. The Morgan fingerprint density at radius 1 is 1.38 bits per heavy atom. The van der Waals surface area contributed by atoms with Gasteiger partial charge in [-0.3, -0.25) is 0 Å². The highest BCUT2D eigenvalue weighted by Crippen LogP contribution is 2.23. The molecule has 0 aliphatic carbocycles. The number of aryl methyl sites for hydroxylation is 2. The Balaban J connectivity index is 2.50. The number of carbonyl (C=O) groups is 1. The number of hydrogen-bond donors (Lipinski definition) is 1. The molecule has 0 amide bonds. The molecule has 0 aliphatic heterocycles. The first kappa shape index (κ1) is 10.4. The summed E-state index contributed by atoms with van der Waals surface area (Å²) in [5.41, 5.74) is 2.84. The second-order valence-electron chi connectivity index (χ2n) is 3.66. The molecule has 1 aromatic heterocycles. The van der Waals surface area contributed by atoms with Gasteiger partial charge in [0.25, 0.3) is 0 Å². The van der Waals surface area contributed by atoms with E-state index < -0.39 is 5.97 Å². The van der Waals surface area contributed by atoms with Crippen LogP contribution in [0.25, 0.3) is 11.5 Å². The molecule has 0 saturated carbocycles. The summed E-state index contributed by atoms with van der Waals surface area (Å²) in [6.07, 6.45) is 1.15. The van der Waals surface area contributed by atoms with Gasteiger partial charge in [-0.05, 0) is 25.5 Å². The molecule has 0 aliphatic rings. The van der Waals surface area contributed by atoms with Gasteiger partial charge >= 0.3 is 5.97 Å². The Labute approximate surface area is 92.6 Å². The molecule has 0 fully saturated rings. The van der Waals surface area contributed by atoms with Crippen molar-refractivity contribution in [1.29, 1.82) is 0 Å². The van der Waals surface area contributed by atoms with E-state index in [4.69, 9.17) is 9.52 Å². The molecule has 1 heterocycles. The third-order valence-corrected chi connectivity index (χ3v) is 2.35. The highest BCUT2D eigenvalue weighted by molar-refractivity contribution is 5.85. The van der Waals surface area contributed by atoms with E-state index in [0.717, 1.165) is 23.0 Å². The minimum atomic E-state index is -1.08. The minimum Gasteiger partial charge on any atom is -0.476 e. The minimum absolute atomic E-state index is 0.0732. The molecule has 0 radical (unpaired) electrons. The van der Waals surface area contributed by atoms with Gasteiger partial charge in [0.1, 0.15) is 6.26 Å². The summed E-state index contributed by atoms with van der Waals surface area (Å²) in [6.45, 7) is 3.89. The number of nitrogens with zero attached hydrogens (tertiary/aromatic N) is 1. The Bertz CT molecular complexity index is 543. The zero-order valence-corrected chi connectivity index (χ0v) is 9.02. The summed E-state index contributed by atoms with van der Waals surface area (Å²) in [5, 5.41) is 8.75. The Kier molecular flexibility index (Phi) is 2.48. The highest BCUT2D eigenvalue weighted by atomic mass is 16.4. The monoisotopic (exact) mass is 217 g/mol. The number of aromatic nitrogens is 1. The van der Waals surface area contributed by atoms with Crippen LogP contribution in [0, 0.1) is 13.8 Å². The second kappa shape index (κ2) is 3.81. The molecule has 0 spiro atoms. The third-order valence-electron chi connectivity index (χ3n) is 2.35. The lowest BCUT2D eigenvalue weighted by Gasteiger charge is -2.01. The maximum absolute atomic E-state index is 10.7. The summed E-state index contributed by atoms with van der Waals surface area (Å²) >= 11 is 0. The third kappa shape index (κ3) is 1.82. The maximum atomic E-state index is 10.7. The number of rotatable bonds is 2. The van der Waals surface area contributed by atoms with Crippen molar-refractivity contribution in [3.05, 3.63) is 41.3 Å². The maximum Gasteiger partial charge on any atom is 0.357 e. The van der Waals surface area contributed by atoms with Crippen LogP contribution in [0.5, 0.6) is 0 Å². The number of oxazole rings is 1. The molecule has 0 saturated heterocycles. The van der Waals surface area contributed by atoms with E-state index in [1.165, 1.54) is 0 Å². The molecular weight excluding hydrogens is 206 g/mol. The Hall–Kier alpha value is -2.10. The van der Waals surface area contributed by atoms with Crippen molar-refractivity contribution in [1.82, 2.24) is 4.98 Å². The quantitative estimate of drug-likeness (QED) is 0.839. The highest BCUT2D eigenvalue weighted by Gasteiger charge is 2.13. The van der Waals surface area contributed by atoms with Crippen LogP contribution in [0.2, 0.25) is 0 Å². The van der Waals surface area contributed by atoms with Crippen molar-refractivity contribution < 1.29 is 14.3 Å². The van der Waals surface area contributed by atoms with Crippen LogP contribution in [0.15, 0.2) is 28.9 Å². The number of hydrogen-bond acceptors (Lipinski definition) is 3. The van der Waals surface area contributed by atoms with Crippen LogP contribution in [0.1, 0.15) is 21.6 Å². The van der Waals surface area contributed by atoms with Gasteiger partial charge in [0, 0.05) is 5.56 Å². The summed E-state index contributed by atoms with van der Waals surface area (Å²) in [6, 6.07) is 5.86. The van der Waals surface area contributed by atoms with E-state index in [1.807, 2.05) is 32.0 Å². The number of benzene rings is 1. The molecule has 4 heteroatoms. The largest absolute Gasteiger partial charge is 0.476 e. The summed E-state index contributed by atoms with van der Waals surface area (Å²) in [7, 11) is 0. The van der Waals surface area contributed by atoms with Gasteiger partial charge in [-0.1, -0.05) is 17.7 Å². The van der Waals surface area contributed by atoms with Crippen LogP contribution in [-0.4, -0.2) is 16.1 Å². The molecule has 82 valence electrons. The van der Waals surface area contributed by atoms with Gasteiger partial charge < -0.3 is 9.52 Å². The first-order valence-corrected chi connectivity index (χ1v) is 4.84. The molecule has 1 N–H and O–H groups in total. The number of carboxylic acids is 1. The van der Waals surface area contributed by atoms with E-state index in [0.29, 0.717) is 5.89 Å². The number of carboxylic acid groups (broad SMARTS) is 1. The van der Waals surface area contributed by atoms with Gasteiger partial charge in [-0.25, -0.2) is 9.78 Å². The van der Waals surface area contributed by atoms with Crippen LogP contribution in [0.3, 0.4) is 0 Å². The zero-order chi connectivity index (χ0) is 11.7. The van der Waals surface area contributed by atoms with Gasteiger partial charge in [-0.2, -0.15) is 0 Å². The summed E-state index contributed by atoms with van der Waals surface area (Å²) in [4.78, 5) is 14.6. The van der Waals surface area contributed by atoms with Crippen LogP contribution in [-0.2, 0) is 0 Å². The molecule has 4 nitrogen and oxygen atoms in total. The molecule has 2 rings (SSSR count). The smallest absolute Gasteiger partial charge is 0.357 e. The van der Waals surface area contributed by atoms with Crippen molar-refractivity contribution in [2.45, 2.75) is 13.8 Å². The number of aromatic carboxylic acids is 1. The van der Waals surface area contributed by atoms with E-state index in [1.54, 1.807) is 0 Å². The summed E-state index contributed by atoms with van der Waals surface area (Å²) in [5.74, 6) is -0.737. The molecule has 0 bridgehead atoms. The standard InChI is InChI=1S/C12H11NO3/c1-7-3-4-8(2)9(5-7)11-13-10(6-16-11)12(14)15/h3-6H,1-2H3,(H,14,15). The lowest BCUT2D eigenvalue weighted by Crippen LogP contribution is -1.95. The van der Waals surface area contributed by atoms with Crippen LogP contribution < -0.4 is 0 Å². The van der Waals surface area contributed by atoms with E-state index in [-0.39, 0.29) is 5.69 Å². The molecule has 0 atom stereocenters. The van der Waals surface area contributed by atoms with Crippen molar-refractivity contribution in [3.8, 4) is 11.5 Å². The predicted octanol–water partition coefficient (Wildman–Crippen LogP) is 2.66. The average molecular weight is 217 g/mol. The zero-order valence-electron chi connectivity index (χ0n) is 9.02. The van der Waals surface area contributed by atoms with Crippen molar-refractivity contribution in [2.75, 3.05) is 0 Å². The van der Waals surface area contributed by atoms with Crippen LogP contribution >= 0.6 is 0 Å². The van der Waals surface area contributed by atoms with E-state index in [2.05, 4.69) is 4.98 Å².